The molecule has 1 aliphatic rings. The molecule has 1 aliphatic carbocycles. The predicted molar refractivity (Wildman–Crippen MR) is 75.5 cm³/mol. The van der Waals surface area contributed by atoms with Crippen LogP contribution in [-0.2, 0) is 0 Å². The Labute approximate surface area is 108 Å². The molecule has 1 fully saturated rings. The van der Waals surface area contributed by atoms with Gasteiger partial charge in [0.2, 0.25) is 0 Å². The van der Waals surface area contributed by atoms with Crippen molar-refractivity contribution in [1.29, 1.82) is 0 Å². The van der Waals surface area contributed by atoms with Crippen molar-refractivity contribution in [3.05, 3.63) is 0 Å². The van der Waals surface area contributed by atoms with Crippen LogP contribution in [0.1, 0.15) is 32.1 Å². The monoisotopic (exact) mass is 241 g/mol. The Balaban J connectivity index is 1.95. The van der Waals surface area contributed by atoms with Gasteiger partial charge in [0.05, 0.1) is 0 Å². The van der Waals surface area contributed by atoms with Crippen LogP contribution < -0.4 is 5.32 Å². The Hall–Kier alpha value is -0.120. The molecule has 1 saturated carbocycles. The molecule has 1 N–H and O–H groups in total. The summed E-state index contributed by atoms with van der Waals surface area (Å²) >= 11 is 0. The van der Waals surface area contributed by atoms with Crippen LogP contribution in [0.4, 0.5) is 0 Å². The highest BCUT2D eigenvalue weighted by molar-refractivity contribution is 4.69. The molecule has 0 aliphatic heterocycles. The third kappa shape index (κ3) is 7.74. The topological polar surface area (TPSA) is 18.5 Å². The summed E-state index contributed by atoms with van der Waals surface area (Å²) in [6.45, 7) is 5.84. The smallest absolute Gasteiger partial charge is 0.0104 e. The highest BCUT2D eigenvalue weighted by atomic mass is 15.1. The van der Waals surface area contributed by atoms with Gasteiger partial charge in [-0.1, -0.05) is 19.3 Å². The molecule has 0 amide bonds. The number of likely N-dealkylation sites (N-methyl/N-ethyl adjacent to an activating group) is 2. The molecule has 0 heterocycles. The van der Waals surface area contributed by atoms with Crippen LogP contribution in [0.25, 0.3) is 0 Å². The molecule has 0 atom stereocenters. The van der Waals surface area contributed by atoms with Gasteiger partial charge in [0, 0.05) is 32.7 Å². The lowest BCUT2D eigenvalue weighted by atomic mass is 9.89. The zero-order valence-electron chi connectivity index (χ0n) is 12.0. The Kier molecular flexibility index (Phi) is 7.82. The summed E-state index contributed by atoms with van der Waals surface area (Å²) in [6, 6.07) is 0. The van der Waals surface area contributed by atoms with Crippen molar-refractivity contribution in [3.8, 4) is 0 Å². The van der Waals surface area contributed by atoms with E-state index in [9.17, 15) is 0 Å². The van der Waals surface area contributed by atoms with Gasteiger partial charge in [0.1, 0.15) is 0 Å². The summed E-state index contributed by atoms with van der Waals surface area (Å²) in [4.78, 5) is 4.72. The van der Waals surface area contributed by atoms with E-state index in [0.717, 1.165) is 25.6 Å². The maximum Gasteiger partial charge on any atom is 0.0104 e. The van der Waals surface area contributed by atoms with Crippen molar-refractivity contribution in [3.63, 3.8) is 0 Å². The molecule has 0 bridgehead atoms. The summed E-state index contributed by atoms with van der Waals surface area (Å²) in [7, 11) is 6.51. The van der Waals surface area contributed by atoms with E-state index in [2.05, 4.69) is 36.3 Å². The zero-order valence-corrected chi connectivity index (χ0v) is 12.0. The third-order valence-corrected chi connectivity index (χ3v) is 3.70. The summed E-state index contributed by atoms with van der Waals surface area (Å²) in [5, 5.41) is 3.50. The normalized spacial score (nSPS) is 18.2. The summed E-state index contributed by atoms with van der Waals surface area (Å²) in [5.74, 6) is 0.968. The van der Waals surface area contributed by atoms with Crippen LogP contribution in [0, 0.1) is 5.92 Å². The summed E-state index contributed by atoms with van der Waals surface area (Å²) in [5.41, 5.74) is 0. The van der Waals surface area contributed by atoms with Crippen LogP contribution in [0.5, 0.6) is 0 Å². The number of hydrogen-bond acceptors (Lipinski definition) is 3. The molecule has 17 heavy (non-hydrogen) atoms. The van der Waals surface area contributed by atoms with E-state index < -0.39 is 0 Å². The predicted octanol–water partition coefficient (Wildman–Crippen LogP) is 1.65. The van der Waals surface area contributed by atoms with Crippen molar-refractivity contribution < 1.29 is 0 Å². The number of nitrogens with one attached hydrogen (secondary N) is 1. The van der Waals surface area contributed by atoms with Gasteiger partial charge in [0.25, 0.3) is 0 Å². The fraction of sp³-hybridized carbons (Fsp3) is 1.00. The Morgan fingerprint density at radius 3 is 2.24 bits per heavy atom. The molecular weight excluding hydrogens is 210 g/mol. The van der Waals surface area contributed by atoms with Crippen LogP contribution >= 0.6 is 0 Å². The van der Waals surface area contributed by atoms with E-state index in [1.54, 1.807) is 0 Å². The van der Waals surface area contributed by atoms with Gasteiger partial charge in [-0.15, -0.1) is 0 Å². The number of rotatable bonds is 8. The molecule has 0 aromatic carbocycles. The first-order valence-corrected chi connectivity index (χ1v) is 7.22. The van der Waals surface area contributed by atoms with Crippen LogP contribution in [0.2, 0.25) is 0 Å². The minimum Gasteiger partial charge on any atom is -0.314 e. The Bertz CT molecular complexity index is 176. The Morgan fingerprint density at radius 2 is 1.59 bits per heavy atom. The van der Waals surface area contributed by atoms with Gasteiger partial charge >= 0.3 is 0 Å². The lowest BCUT2D eigenvalue weighted by molar-refractivity contribution is 0.233. The number of hydrogen-bond donors (Lipinski definition) is 1. The lowest BCUT2D eigenvalue weighted by Gasteiger charge is -2.27. The fourth-order valence-electron chi connectivity index (χ4n) is 2.60. The fourth-order valence-corrected chi connectivity index (χ4v) is 2.60. The largest absolute Gasteiger partial charge is 0.314 e. The van der Waals surface area contributed by atoms with Crippen molar-refractivity contribution in [1.82, 2.24) is 15.1 Å². The second-order valence-electron chi connectivity index (χ2n) is 5.82. The molecule has 0 unspecified atom stereocenters. The van der Waals surface area contributed by atoms with Crippen LogP contribution in [-0.4, -0.2) is 63.7 Å². The number of nitrogens with zero attached hydrogens (tertiary/aromatic N) is 2. The SMILES string of the molecule is CN(C)CCNCCN(C)CC1CCCCC1. The Morgan fingerprint density at radius 1 is 0.941 bits per heavy atom. The molecule has 102 valence electrons. The second-order valence-corrected chi connectivity index (χ2v) is 5.82. The van der Waals surface area contributed by atoms with Crippen LogP contribution in [0.15, 0.2) is 0 Å². The molecule has 3 nitrogen and oxygen atoms in total. The van der Waals surface area contributed by atoms with E-state index in [1.807, 2.05) is 0 Å². The first-order valence-electron chi connectivity index (χ1n) is 7.22. The molecule has 0 aromatic heterocycles. The standard InChI is InChI=1S/C14H31N3/c1-16(2)11-9-15-10-12-17(3)13-14-7-5-4-6-8-14/h14-15H,4-13H2,1-3H3. The summed E-state index contributed by atoms with van der Waals surface area (Å²) in [6.07, 6.45) is 7.29. The van der Waals surface area contributed by atoms with E-state index in [1.165, 1.54) is 45.2 Å². The van der Waals surface area contributed by atoms with E-state index in [0.29, 0.717) is 0 Å². The van der Waals surface area contributed by atoms with Crippen molar-refractivity contribution >= 4 is 0 Å². The molecule has 0 radical (unpaired) electrons. The quantitative estimate of drug-likeness (QED) is 0.652. The third-order valence-electron chi connectivity index (χ3n) is 3.70. The minimum atomic E-state index is 0.968. The van der Waals surface area contributed by atoms with E-state index >= 15 is 0 Å². The highest BCUT2D eigenvalue weighted by Gasteiger charge is 2.14. The van der Waals surface area contributed by atoms with E-state index in [4.69, 9.17) is 0 Å². The van der Waals surface area contributed by atoms with Crippen molar-refractivity contribution in [2.45, 2.75) is 32.1 Å². The van der Waals surface area contributed by atoms with Gasteiger partial charge in [-0.05, 0) is 39.9 Å². The van der Waals surface area contributed by atoms with E-state index in [-0.39, 0.29) is 0 Å². The zero-order chi connectivity index (χ0) is 12.5. The maximum absolute atomic E-state index is 3.50. The molecular formula is C14H31N3. The molecule has 3 heteroatoms. The minimum absolute atomic E-state index is 0.968. The van der Waals surface area contributed by atoms with Crippen molar-refractivity contribution in [2.24, 2.45) is 5.92 Å². The molecule has 0 aromatic rings. The lowest BCUT2D eigenvalue weighted by Crippen LogP contribution is -2.35. The first kappa shape index (κ1) is 14.9. The van der Waals surface area contributed by atoms with Gasteiger partial charge in [-0.25, -0.2) is 0 Å². The van der Waals surface area contributed by atoms with Gasteiger partial charge in [0.15, 0.2) is 0 Å². The summed E-state index contributed by atoms with van der Waals surface area (Å²) < 4.78 is 0. The van der Waals surface area contributed by atoms with Crippen molar-refractivity contribution in [2.75, 3.05) is 53.9 Å². The molecule has 0 spiro atoms. The maximum atomic E-state index is 3.50. The first-order chi connectivity index (χ1) is 8.18. The average molecular weight is 241 g/mol. The second kappa shape index (κ2) is 8.90. The highest BCUT2D eigenvalue weighted by Crippen LogP contribution is 2.23. The van der Waals surface area contributed by atoms with Gasteiger partial charge in [-0.2, -0.15) is 0 Å². The average Bonchev–Trinajstić information content (AvgIpc) is 2.29. The molecule has 1 rings (SSSR count). The van der Waals surface area contributed by atoms with Gasteiger partial charge in [-0.3, -0.25) is 0 Å². The van der Waals surface area contributed by atoms with Gasteiger partial charge < -0.3 is 15.1 Å². The molecule has 0 saturated heterocycles. The van der Waals surface area contributed by atoms with Crippen LogP contribution in [0.3, 0.4) is 0 Å².